The van der Waals surface area contributed by atoms with E-state index in [4.69, 9.17) is 0 Å². The molecule has 0 aromatic rings. The highest BCUT2D eigenvalue weighted by Crippen LogP contribution is 2.42. The molecule has 0 aromatic carbocycles. The summed E-state index contributed by atoms with van der Waals surface area (Å²) in [6.45, 7) is 4.64. The van der Waals surface area contributed by atoms with Crippen LogP contribution in [0.4, 0.5) is 0 Å². The van der Waals surface area contributed by atoms with E-state index in [1.54, 1.807) is 0 Å². The average Bonchev–Trinajstić information content (AvgIpc) is 3.31. The highest BCUT2D eigenvalue weighted by atomic mass is 32.2. The number of carbonyl (C=O) groups is 2. The van der Waals surface area contributed by atoms with E-state index < -0.39 is 5.54 Å². The summed E-state index contributed by atoms with van der Waals surface area (Å²) in [5, 5.41) is 3.50. The third kappa shape index (κ3) is 2.93. The lowest BCUT2D eigenvalue weighted by atomic mass is 9.88. The van der Waals surface area contributed by atoms with Gasteiger partial charge in [0.15, 0.2) is 0 Å². The maximum absolute atomic E-state index is 13.0. The number of nitrogens with zero attached hydrogens (tertiary/aromatic N) is 1. The van der Waals surface area contributed by atoms with Gasteiger partial charge < -0.3 is 10.2 Å². The molecule has 6 heteroatoms. The quantitative estimate of drug-likeness (QED) is 0.854. The SMILES string of the molecule is CCC1C(=O)NC(C)(C2CC2)C(=O)N1CC1CSCCS1. The largest absolute Gasteiger partial charge is 0.340 e. The first kappa shape index (κ1) is 15.5. The molecule has 0 spiro atoms. The second-order valence-electron chi connectivity index (χ2n) is 6.42. The van der Waals surface area contributed by atoms with Crippen molar-refractivity contribution in [2.75, 3.05) is 23.8 Å². The summed E-state index contributed by atoms with van der Waals surface area (Å²) in [6, 6.07) is -0.281. The highest BCUT2D eigenvalue weighted by Gasteiger charge is 2.55. The normalized spacial score (nSPS) is 37.5. The van der Waals surface area contributed by atoms with E-state index in [-0.39, 0.29) is 17.9 Å². The van der Waals surface area contributed by atoms with Gasteiger partial charge in [-0.05, 0) is 32.1 Å². The van der Waals surface area contributed by atoms with Crippen molar-refractivity contribution < 1.29 is 9.59 Å². The number of thioether (sulfide) groups is 2. The van der Waals surface area contributed by atoms with Crippen molar-refractivity contribution in [3.8, 4) is 0 Å². The van der Waals surface area contributed by atoms with E-state index >= 15 is 0 Å². The van der Waals surface area contributed by atoms with E-state index in [1.807, 2.05) is 42.3 Å². The number of hydrogen-bond donors (Lipinski definition) is 1. The molecule has 2 aliphatic heterocycles. The fourth-order valence-corrected chi connectivity index (χ4v) is 6.05. The molecule has 4 nitrogen and oxygen atoms in total. The third-order valence-electron chi connectivity index (χ3n) is 4.83. The summed E-state index contributed by atoms with van der Waals surface area (Å²) >= 11 is 3.91. The smallest absolute Gasteiger partial charge is 0.249 e. The van der Waals surface area contributed by atoms with Crippen molar-refractivity contribution >= 4 is 35.3 Å². The fourth-order valence-electron chi connectivity index (χ4n) is 3.39. The van der Waals surface area contributed by atoms with Gasteiger partial charge in [0.2, 0.25) is 11.8 Å². The van der Waals surface area contributed by atoms with Crippen LogP contribution in [0.25, 0.3) is 0 Å². The Morgan fingerprint density at radius 3 is 2.67 bits per heavy atom. The Morgan fingerprint density at radius 1 is 1.33 bits per heavy atom. The molecule has 0 bridgehead atoms. The van der Waals surface area contributed by atoms with Crippen molar-refractivity contribution in [1.82, 2.24) is 10.2 Å². The van der Waals surface area contributed by atoms with Crippen LogP contribution < -0.4 is 5.32 Å². The minimum absolute atomic E-state index is 0.0416. The molecule has 118 valence electrons. The molecule has 3 fully saturated rings. The molecule has 1 N–H and O–H groups in total. The fraction of sp³-hybridized carbons (Fsp3) is 0.867. The number of hydrogen-bond acceptors (Lipinski definition) is 4. The monoisotopic (exact) mass is 328 g/mol. The molecular formula is C15H24N2O2S2. The number of piperazine rings is 1. The zero-order valence-electron chi connectivity index (χ0n) is 12.8. The van der Waals surface area contributed by atoms with Gasteiger partial charge in [0.25, 0.3) is 0 Å². The number of rotatable bonds is 4. The summed E-state index contributed by atoms with van der Waals surface area (Å²) in [7, 11) is 0. The number of amides is 2. The zero-order chi connectivity index (χ0) is 15.0. The topological polar surface area (TPSA) is 49.4 Å². The number of nitrogens with one attached hydrogen (secondary N) is 1. The second kappa shape index (κ2) is 6.03. The van der Waals surface area contributed by atoms with Crippen LogP contribution in [0.2, 0.25) is 0 Å². The summed E-state index contributed by atoms with van der Waals surface area (Å²) in [6.07, 6.45) is 2.81. The van der Waals surface area contributed by atoms with Crippen molar-refractivity contribution in [3.63, 3.8) is 0 Å². The molecule has 1 saturated carbocycles. The molecule has 3 rings (SSSR count). The Labute approximate surface area is 135 Å². The van der Waals surface area contributed by atoms with Crippen LogP contribution in [0, 0.1) is 5.92 Å². The lowest BCUT2D eigenvalue weighted by molar-refractivity contribution is -0.155. The Bertz CT molecular complexity index is 435. The van der Waals surface area contributed by atoms with Gasteiger partial charge in [0.05, 0.1) is 0 Å². The van der Waals surface area contributed by atoms with Crippen LogP contribution >= 0.6 is 23.5 Å². The molecule has 2 amide bonds. The van der Waals surface area contributed by atoms with Crippen LogP contribution in [-0.4, -0.2) is 57.3 Å². The first-order chi connectivity index (χ1) is 10.1. The van der Waals surface area contributed by atoms with Crippen molar-refractivity contribution in [3.05, 3.63) is 0 Å². The van der Waals surface area contributed by atoms with Crippen molar-refractivity contribution in [2.24, 2.45) is 5.92 Å². The van der Waals surface area contributed by atoms with E-state index in [9.17, 15) is 9.59 Å². The molecule has 21 heavy (non-hydrogen) atoms. The zero-order valence-corrected chi connectivity index (χ0v) is 14.4. The minimum Gasteiger partial charge on any atom is -0.340 e. The van der Waals surface area contributed by atoms with Crippen LogP contribution in [-0.2, 0) is 9.59 Å². The van der Waals surface area contributed by atoms with Gasteiger partial charge >= 0.3 is 0 Å². The molecule has 0 aromatic heterocycles. The van der Waals surface area contributed by atoms with Crippen molar-refractivity contribution in [1.29, 1.82) is 0 Å². The third-order valence-corrected chi connectivity index (χ3v) is 7.66. The Balaban J connectivity index is 1.78. The molecular weight excluding hydrogens is 304 g/mol. The van der Waals surface area contributed by atoms with E-state index in [2.05, 4.69) is 5.32 Å². The van der Waals surface area contributed by atoms with Crippen LogP contribution in [0.15, 0.2) is 0 Å². The van der Waals surface area contributed by atoms with Gasteiger partial charge in [-0.25, -0.2) is 0 Å². The van der Waals surface area contributed by atoms with Gasteiger partial charge in [0.1, 0.15) is 11.6 Å². The molecule has 2 saturated heterocycles. The molecule has 3 unspecified atom stereocenters. The average molecular weight is 329 g/mol. The van der Waals surface area contributed by atoms with Gasteiger partial charge in [-0.3, -0.25) is 9.59 Å². The van der Waals surface area contributed by atoms with Crippen LogP contribution in [0.3, 0.4) is 0 Å². The van der Waals surface area contributed by atoms with E-state index in [0.717, 1.165) is 30.9 Å². The first-order valence-corrected chi connectivity index (χ1v) is 10.1. The van der Waals surface area contributed by atoms with Crippen LogP contribution in [0.1, 0.15) is 33.1 Å². The maximum Gasteiger partial charge on any atom is 0.249 e. The van der Waals surface area contributed by atoms with Gasteiger partial charge in [-0.15, -0.1) is 0 Å². The standard InChI is InChI=1S/C15H24N2O2S2/c1-3-12-13(18)16-15(2,10-4-5-10)14(19)17(12)8-11-9-20-6-7-21-11/h10-12H,3-9H2,1-2H3,(H,16,18). The second-order valence-corrected chi connectivity index (χ2v) is 8.97. The summed E-state index contributed by atoms with van der Waals surface area (Å²) in [5.41, 5.74) is -0.658. The summed E-state index contributed by atoms with van der Waals surface area (Å²) < 4.78 is 0. The first-order valence-electron chi connectivity index (χ1n) is 7.88. The van der Waals surface area contributed by atoms with Gasteiger partial charge in [-0.1, -0.05) is 6.92 Å². The van der Waals surface area contributed by atoms with Gasteiger partial charge in [0, 0.05) is 29.1 Å². The lowest BCUT2D eigenvalue weighted by Crippen LogP contribution is -2.70. The molecule has 0 radical (unpaired) electrons. The maximum atomic E-state index is 13.0. The predicted octanol–water partition coefficient (Wildman–Crippen LogP) is 1.74. The molecule has 3 atom stereocenters. The van der Waals surface area contributed by atoms with E-state index in [0.29, 0.717) is 17.6 Å². The molecule has 3 aliphatic rings. The number of carbonyl (C=O) groups excluding carboxylic acids is 2. The lowest BCUT2D eigenvalue weighted by Gasteiger charge is -2.45. The minimum atomic E-state index is -0.658. The molecule has 1 aliphatic carbocycles. The Kier molecular flexibility index (Phi) is 4.46. The van der Waals surface area contributed by atoms with Crippen LogP contribution in [0.5, 0.6) is 0 Å². The van der Waals surface area contributed by atoms with Crippen molar-refractivity contribution in [2.45, 2.75) is 49.9 Å². The summed E-state index contributed by atoms with van der Waals surface area (Å²) in [5.74, 6) is 3.97. The van der Waals surface area contributed by atoms with Gasteiger partial charge in [-0.2, -0.15) is 23.5 Å². The predicted molar refractivity (Wildman–Crippen MR) is 88.6 cm³/mol. The summed E-state index contributed by atoms with van der Waals surface area (Å²) in [4.78, 5) is 27.4. The Hall–Kier alpha value is -0.360. The Morgan fingerprint density at radius 2 is 2.10 bits per heavy atom. The molecule has 2 heterocycles. The highest BCUT2D eigenvalue weighted by molar-refractivity contribution is 8.06. The van der Waals surface area contributed by atoms with E-state index in [1.165, 1.54) is 5.75 Å².